The molecule has 0 unspecified atom stereocenters. The van der Waals surface area contributed by atoms with Gasteiger partial charge in [0.2, 0.25) is 0 Å². The van der Waals surface area contributed by atoms with Crippen LogP contribution in [0.15, 0.2) is 95.3 Å². The number of carbonyl (C=O) groups excluding carboxylic acids is 1. The molecule has 0 bridgehead atoms. The first kappa shape index (κ1) is 17.1. The van der Waals surface area contributed by atoms with Crippen LogP contribution in [0, 0.1) is 0 Å². The van der Waals surface area contributed by atoms with E-state index in [1.807, 2.05) is 42.5 Å². The van der Waals surface area contributed by atoms with Gasteiger partial charge in [0.05, 0.1) is 11.9 Å². The second-order valence-corrected chi connectivity index (χ2v) is 5.35. The number of para-hydroxylation sites is 1. The van der Waals surface area contributed by atoms with Crippen molar-refractivity contribution in [2.75, 3.05) is 0 Å². The summed E-state index contributed by atoms with van der Waals surface area (Å²) in [4.78, 5) is 12.1. The Hall–Kier alpha value is -3.73. The highest BCUT2D eigenvalue weighted by molar-refractivity contribution is 5.94. The highest BCUT2D eigenvalue weighted by Crippen LogP contribution is 2.25. The van der Waals surface area contributed by atoms with Gasteiger partial charge in [-0.05, 0) is 35.9 Å². The zero-order valence-electron chi connectivity index (χ0n) is 13.8. The summed E-state index contributed by atoms with van der Waals surface area (Å²) in [5.74, 6) is -0.442. The number of rotatable bonds is 5. The molecule has 0 aliphatic rings. The van der Waals surface area contributed by atoms with Gasteiger partial charge in [-0.2, -0.15) is 10.2 Å². The molecule has 0 heterocycles. The molecule has 0 amide bonds. The van der Waals surface area contributed by atoms with Crippen LogP contribution < -0.4 is 4.74 Å². The first-order chi connectivity index (χ1) is 12.7. The molecule has 26 heavy (non-hydrogen) atoms. The number of azo groups is 1. The zero-order valence-corrected chi connectivity index (χ0v) is 13.8. The number of phenols is 1. The number of ether oxygens (including phenoxy) is 1. The molecule has 0 atom stereocenters. The Labute approximate surface area is 150 Å². The van der Waals surface area contributed by atoms with Crippen molar-refractivity contribution in [3.05, 3.63) is 96.2 Å². The summed E-state index contributed by atoms with van der Waals surface area (Å²) in [6.07, 6.45) is 3.37. The van der Waals surface area contributed by atoms with Crippen LogP contribution in [-0.4, -0.2) is 11.1 Å². The topological polar surface area (TPSA) is 71.2 Å². The predicted octanol–water partition coefficient (Wildman–Crippen LogP) is 5.37. The standard InChI is InChI=1S/C21H16N2O3/c24-20-15-17(23-22-14-13-16-7-3-1-4-8-16)11-12-19(20)21(25)26-18-9-5-2-6-10-18/h1-15,24H. The fourth-order valence-corrected chi connectivity index (χ4v) is 2.19. The number of nitrogens with zero attached hydrogens (tertiary/aromatic N) is 2. The van der Waals surface area contributed by atoms with E-state index in [0.29, 0.717) is 11.4 Å². The van der Waals surface area contributed by atoms with Crippen molar-refractivity contribution in [2.45, 2.75) is 0 Å². The lowest BCUT2D eigenvalue weighted by atomic mass is 10.2. The number of hydrogen-bond donors (Lipinski definition) is 1. The van der Waals surface area contributed by atoms with Crippen LogP contribution in [-0.2, 0) is 0 Å². The Kier molecular flexibility index (Phi) is 5.52. The van der Waals surface area contributed by atoms with Crippen LogP contribution >= 0.6 is 0 Å². The van der Waals surface area contributed by atoms with Crippen molar-refractivity contribution < 1.29 is 14.6 Å². The summed E-state index contributed by atoms with van der Waals surface area (Å²) >= 11 is 0. The second kappa shape index (κ2) is 8.39. The van der Waals surface area contributed by atoms with Gasteiger partial charge in [0.15, 0.2) is 0 Å². The van der Waals surface area contributed by atoms with Crippen molar-refractivity contribution >= 4 is 17.7 Å². The average molecular weight is 344 g/mol. The maximum absolute atomic E-state index is 12.1. The number of aromatic hydroxyl groups is 1. The SMILES string of the molecule is O=C(Oc1ccccc1)c1ccc(N=NC=Cc2ccccc2)cc1O. The molecule has 0 spiro atoms. The van der Waals surface area contributed by atoms with Crippen molar-refractivity contribution in [3.8, 4) is 11.5 Å². The van der Waals surface area contributed by atoms with Gasteiger partial charge in [-0.15, -0.1) is 0 Å². The van der Waals surface area contributed by atoms with E-state index in [-0.39, 0.29) is 11.3 Å². The van der Waals surface area contributed by atoms with Gasteiger partial charge < -0.3 is 9.84 Å². The quantitative estimate of drug-likeness (QED) is 0.384. The molecule has 0 aliphatic heterocycles. The molecule has 0 aromatic heterocycles. The molecule has 0 saturated heterocycles. The highest BCUT2D eigenvalue weighted by Gasteiger charge is 2.14. The molecular weight excluding hydrogens is 328 g/mol. The van der Waals surface area contributed by atoms with E-state index in [1.165, 1.54) is 12.1 Å². The molecular formula is C21H16N2O3. The number of hydrogen-bond acceptors (Lipinski definition) is 5. The molecule has 0 radical (unpaired) electrons. The van der Waals surface area contributed by atoms with E-state index in [4.69, 9.17) is 4.74 Å². The maximum Gasteiger partial charge on any atom is 0.347 e. The second-order valence-electron chi connectivity index (χ2n) is 5.35. The Balaban J connectivity index is 1.66. The first-order valence-electron chi connectivity index (χ1n) is 7.95. The van der Waals surface area contributed by atoms with Crippen LogP contribution in [0.1, 0.15) is 15.9 Å². The smallest absolute Gasteiger partial charge is 0.347 e. The molecule has 0 aliphatic carbocycles. The van der Waals surface area contributed by atoms with Gasteiger partial charge >= 0.3 is 5.97 Å². The van der Waals surface area contributed by atoms with E-state index in [9.17, 15) is 9.90 Å². The molecule has 0 saturated carbocycles. The number of benzene rings is 3. The molecule has 3 aromatic carbocycles. The summed E-state index contributed by atoms with van der Waals surface area (Å²) in [6, 6.07) is 22.8. The third-order valence-corrected chi connectivity index (χ3v) is 3.46. The van der Waals surface area contributed by atoms with Gasteiger partial charge in [0.25, 0.3) is 0 Å². The lowest BCUT2D eigenvalue weighted by Crippen LogP contribution is -2.08. The van der Waals surface area contributed by atoms with E-state index >= 15 is 0 Å². The zero-order chi connectivity index (χ0) is 18.2. The number of phenolic OH excluding ortho intramolecular Hbond substituents is 1. The molecule has 128 valence electrons. The normalized spacial score (nSPS) is 11.1. The minimum absolute atomic E-state index is 0.0626. The van der Waals surface area contributed by atoms with Crippen molar-refractivity contribution in [1.82, 2.24) is 0 Å². The molecule has 3 aromatic rings. The minimum atomic E-state index is -0.638. The van der Waals surface area contributed by atoms with Crippen LogP contribution in [0.4, 0.5) is 5.69 Å². The van der Waals surface area contributed by atoms with Gasteiger partial charge in [-0.25, -0.2) is 4.79 Å². The number of carbonyl (C=O) groups is 1. The lowest BCUT2D eigenvalue weighted by Gasteiger charge is -2.06. The minimum Gasteiger partial charge on any atom is -0.507 e. The highest BCUT2D eigenvalue weighted by atomic mass is 16.5. The molecule has 5 heteroatoms. The summed E-state index contributed by atoms with van der Waals surface area (Å²) in [5.41, 5.74) is 1.50. The molecule has 5 nitrogen and oxygen atoms in total. The largest absolute Gasteiger partial charge is 0.507 e. The predicted molar refractivity (Wildman–Crippen MR) is 99.5 cm³/mol. The third-order valence-electron chi connectivity index (χ3n) is 3.46. The summed E-state index contributed by atoms with van der Waals surface area (Å²) in [6.45, 7) is 0. The Bertz CT molecular complexity index is 936. The number of esters is 1. The van der Waals surface area contributed by atoms with Crippen LogP contribution in [0.25, 0.3) is 6.08 Å². The van der Waals surface area contributed by atoms with Gasteiger partial charge in [0, 0.05) is 6.07 Å². The molecule has 1 N–H and O–H groups in total. The van der Waals surface area contributed by atoms with E-state index in [1.54, 1.807) is 36.5 Å². The van der Waals surface area contributed by atoms with Gasteiger partial charge in [0.1, 0.15) is 17.1 Å². The maximum atomic E-state index is 12.1. The van der Waals surface area contributed by atoms with Crippen LogP contribution in [0.2, 0.25) is 0 Å². The van der Waals surface area contributed by atoms with Crippen molar-refractivity contribution in [3.63, 3.8) is 0 Å². The first-order valence-corrected chi connectivity index (χ1v) is 7.95. The monoisotopic (exact) mass is 344 g/mol. The summed E-state index contributed by atoms with van der Waals surface area (Å²) in [5, 5.41) is 18.0. The lowest BCUT2D eigenvalue weighted by molar-refractivity contribution is 0.0731. The van der Waals surface area contributed by atoms with Gasteiger partial charge in [-0.1, -0.05) is 48.5 Å². The molecule has 3 rings (SSSR count). The Morgan fingerprint density at radius 2 is 1.62 bits per heavy atom. The average Bonchev–Trinajstić information content (AvgIpc) is 2.67. The van der Waals surface area contributed by atoms with E-state index < -0.39 is 5.97 Å². The van der Waals surface area contributed by atoms with Crippen LogP contribution in [0.3, 0.4) is 0 Å². The summed E-state index contributed by atoms with van der Waals surface area (Å²) < 4.78 is 5.20. The van der Waals surface area contributed by atoms with Crippen molar-refractivity contribution in [2.24, 2.45) is 10.2 Å². The molecule has 0 fully saturated rings. The van der Waals surface area contributed by atoms with Crippen LogP contribution in [0.5, 0.6) is 11.5 Å². The van der Waals surface area contributed by atoms with Gasteiger partial charge in [-0.3, -0.25) is 0 Å². The van der Waals surface area contributed by atoms with E-state index in [0.717, 1.165) is 5.56 Å². The third kappa shape index (κ3) is 4.64. The fraction of sp³-hybridized carbons (Fsp3) is 0. The Morgan fingerprint density at radius 1 is 0.923 bits per heavy atom. The van der Waals surface area contributed by atoms with Crippen molar-refractivity contribution in [1.29, 1.82) is 0 Å². The summed E-state index contributed by atoms with van der Waals surface area (Å²) in [7, 11) is 0. The Morgan fingerprint density at radius 3 is 2.31 bits per heavy atom. The van der Waals surface area contributed by atoms with E-state index in [2.05, 4.69) is 10.2 Å². The fourth-order valence-electron chi connectivity index (χ4n) is 2.19.